The fourth-order valence-electron chi connectivity index (χ4n) is 2.41. The highest BCUT2D eigenvalue weighted by molar-refractivity contribution is 5.61. The van der Waals surface area contributed by atoms with Gasteiger partial charge in [0.1, 0.15) is 12.2 Å². The predicted molar refractivity (Wildman–Crippen MR) is 47.3 cm³/mol. The van der Waals surface area contributed by atoms with Crippen molar-refractivity contribution in [1.29, 1.82) is 0 Å². The van der Waals surface area contributed by atoms with E-state index in [1.807, 2.05) is 0 Å². The molecule has 2 fully saturated rings. The van der Waals surface area contributed by atoms with Gasteiger partial charge in [-0.15, -0.1) is 0 Å². The standard InChI is InChI=1S/C10H16O3/c1-6(2)5-7-8-3-4-9(7)13-10(11)12-8/h6-9H,3-5H2,1-2H3. The molecule has 0 spiro atoms. The highest BCUT2D eigenvalue weighted by atomic mass is 16.7. The van der Waals surface area contributed by atoms with Gasteiger partial charge in [-0.1, -0.05) is 13.8 Å². The Morgan fingerprint density at radius 1 is 1.31 bits per heavy atom. The molecule has 13 heavy (non-hydrogen) atoms. The van der Waals surface area contributed by atoms with E-state index in [9.17, 15) is 4.79 Å². The van der Waals surface area contributed by atoms with Crippen molar-refractivity contribution in [2.24, 2.45) is 11.8 Å². The molecular formula is C10H16O3. The molecular weight excluding hydrogens is 168 g/mol. The van der Waals surface area contributed by atoms with Crippen molar-refractivity contribution in [2.45, 2.75) is 45.3 Å². The van der Waals surface area contributed by atoms with Crippen LogP contribution in [0.2, 0.25) is 0 Å². The van der Waals surface area contributed by atoms with E-state index in [1.54, 1.807) is 0 Å². The molecule has 2 aliphatic rings. The second-order valence-electron chi connectivity index (χ2n) is 4.43. The lowest BCUT2D eigenvalue weighted by Gasteiger charge is -2.30. The van der Waals surface area contributed by atoms with Crippen LogP contribution in [0.15, 0.2) is 0 Å². The molecule has 74 valence electrons. The van der Waals surface area contributed by atoms with Crippen LogP contribution in [-0.2, 0) is 9.47 Å². The van der Waals surface area contributed by atoms with Crippen LogP contribution in [0.3, 0.4) is 0 Å². The fraction of sp³-hybridized carbons (Fsp3) is 0.900. The van der Waals surface area contributed by atoms with Crippen molar-refractivity contribution in [2.75, 3.05) is 0 Å². The molecule has 0 aromatic carbocycles. The van der Waals surface area contributed by atoms with E-state index in [0.29, 0.717) is 11.8 Å². The van der Waals surface area contributed by atoms with Gasteiger partial charge in [0.25, 0.3) is 0 Å². The summed E-state index contributed by atoms with van der Waals surface area (Å²) >= 11 is 0. The Kier molecular flexibility index (Phi) is 2.18. The van der Waals surface area contributed by atoms with Gasteiger partial charge in [-0.05, 0) is 25.2 Å². The maximum Gasteiger partial charge on any atom is 0.508 e. The average Bonchev–Trinajstić information content (AvgIpc) is 2.32. The highest BCUT2D eigenvalue weighted by Crippen LogP contribution is 2.39. The minimum absolute atomic E-state index is 0.133. The van der Waals surface area contributed by atoms with Crippen molar-refractivity contribution >= 4 is 6.16 Å². The maximum absolute atomic E-state index is 10.9. The number of hydrogen-bond donors (Lipinski definition) is 0. The molecule has 1 heterocycles. The van der Waals surface area contributed by atoms with Crippen LogP contribution in [0.4, 0.5) is 4.79 Å². The Labute approximate surface area is 78.4 Å². The van der Waals surface area contributed by atoms with Gasteiger partial charge in [0.2, 0.25) is 0 Å². The van der Waals surface area contributed by atoms with Crippen LogP contribution in [-0.4, -0.2) is 18.4 Å². The normalized spacial score (nSPS) is 37.5. The summed E-state index contributed by atoms with van der Waals surface area (Å²) in [7, 11) is 0. The molecule has 1 saturated carbocycles. The van der Waals surface area contributed by atoms with E-state index >= 15 is 0 Å². The second kappa shape index (κ2) is 3.20. The number of carbonyl (C=O) groups is 1. The summed E-state index contributed by atoms with van der Waals surface area (Å²) < 4.78 is 10.3. The van der Waals surface area contributed by atoms with Gasteiger partial charge < -0.3 is 9.47 Å². The fourth-order valence-corrected chi connectivity index (χ4v) is 2.41. The molecule has 1 saturated heterocycles. The van der Waals surface area contributed by atoms with Crippen LogP contribution in [0, 0.1) is 11.8 Å². The Bertz CT molecular complexity index is 196. The van der Waals surface area contributed by atoms with Gasteiger partial charge >= 0.3 is 6.16 Å². The molecule has 1 aliphatic heterocycles. The minimum atomic E-state index is -0.465. The van der Waals surface area contributed by atoms with Gasteiger partial charge in [0, 0.05) is 5.92 Å². The quantitative estimate of drug-likeness (QED) is 0.618. The molecule has 2 unspecified atom stereocenters. The summed E-state index contributed by atoms with van der Waals surface area (Å²) in [6.45, 7) is 4.38. The minimum Gasteiger partial charge on any atom is -0.431 e. The SMILES string of the molecule is CC(C)CC1C2CCC1OC(=O)O2. The molecule has 2 atom stereocenters. The van der Waals surface area contributed by atoms with Gasteiger partial charge in [0.05, 0.1) is 0 Å². The van der Waals surface area contributed by atoms with Crippen LogP contribution in [0.5, 0.6) is 0 Å². The Morgan fingerprint density at radius 3 is 2.31 bits per heavy atom. The summed E-state index contributed by atoms with van der Waals surface area (Å²) in [4.78, 5) is 10.9. The second-order valence-corrected chi connectivity index (χ2v) is 4.43. The van der Waals surface area contributed by atoms with E-state index in [2.05, 4.69) is 13.8 Å². The van der Waals surface area contributed by atoms with Gasteiger partial charge in [-0.3, -0.25) is 0 Å². The first-order chi connectivity index (χ1) is 6.16. The van der Waals surface area contributed by atoms with E-state index in [0.717, 1.165) is 19.3 Å². The summed E-state index contributed by atoms with van der Waals surface area (Å²) in [5.41, 5.74) is 0. The summed E-state index contributed by atoms with van der Waals surface area (Å²) in [5, 5.41) is 0. The van der Waals surface area contributed by atoms with E-state index in [1.165, 1.54) is 0 Å². The third-order valence-electron chi connectivity index (χ3n) is 2.93. The largest absolute Gasteiger partial charge is 0.508 e. The molecule has 0 amide bonds. The number of ether oxygens (including phenoxy) is 2. The third-order valence-corrected chi connectivity index (χ3v) is 2.93. The lowest BCUT2D eigenvalue weighted by atomic mass is 9.92. The van der Waals surface area contributed by atoms with E-state index in [4.69, 9.17) is 9.47 Å². The molecule has 0 N–H and O–H groups in total. The van der Waals surface area contributed by atoms with Crippen molar-refractivity contribution in [3.63, 3.8) is 0 Å². The topological polar surface area (TPSA) is 35.5 Å². The zero-order chi connectivity index (χ0) is 9.42. The van der Waals surface area contributed by atoms with E-state index in [-0.39, 0.29) is 12.2 Å². The monoisotopic (exact) mass is 184 g/mol. The molecule has 0 aromatic heterocycles. The predicted octanol–water partition coefficient (Wildman–Crippen LogP) is 2.35. The summed E-state index contributed by atoms with van der Waals surface area (Å²) in [6, 6.07) is 0. The third kappa shape index (κ3) is 1.64. The van der Waals surface area contributed by atoms with Crippen molar-refractivity contribution in [3.8, 4) is 0 Å². The number of rotatable bonds is 2. The van der Waals surface area contributed by atoms with Gasteiger partial charge in [-0.2, -0.15) is 0 Å². The van der Waals surface area contributed by atoms with Crippen molar-refractivity contribution in [1.82, 2.24) is 0 Å². The van der Waals surface area contributed by atoms with Crippen LogP contribution in [0.25, 0.3) is 0 Å². The number of carbonyl (C=O) groups excluding carboxylic acids is 1. The van der Waals surface area contributed by atoms with Gasteiger partial charge in [-0.25, -0.2) is 4.79 Å². The Morgan fingerprint density at radius 2 is 1.85 bits per heavy atom. The lowest BCUT2D eigenvalue weighted by Crippen LogP contribution is -2.37. The first kappa shape index (κ1) is 8.85. The molecule has 2 rings (SSSR count). The average molecular weight is 184 g/mol. The number of fused-ring (bicyclic) bond motifs is 2. The van der Waals surface area contributed by atoms with Gasteiger partial charge in [0.15, 0.2) is 0 Å². The Balaban J connectivity index is 2.02. The smallest absolute Gasteiger partial charge is 0.431 e. The maximum atomic E-state index is 10.9. The molecule has 2 bridgehead atoms. The van der Waals surface area contributed by atoms with Crippen LogP contribution >= 0.6 is 0 Å². The van der Waals surface area contributed by atoms with Crippen LogP contribution < -0.4 is 0 Å². The highest BCUT2D eigenvalue weighted by Gasteiger charge is 2.45. The number of hydrogen-bond acceptors (Lipinski definition) is 3. The Hall–Kier alpha value is -0.730. The van der Waals surface area contributed by atoms with Crippen molar-refractivity contribution < 1.29 is 14.3 Å². The zero-order valence-corrected chi connectivity index (χ0v) is 8.16. The molecule has 0 aromatic rings. The molecule has 0 radical (unpaired) electrons. The molecule has 3 heteroatoms. The molecule has 3 nitrogen and oxygen atoms in total. The first-order valence-corrected chi connectivity index (χ1v) is 5.04. The summed E-state index contributed by atoms with van der Waals surface area (Å²) in [5.74, 6) is 1.09. The van der Waals surface area contributed by atoms with Crippen molar-refractivity contribution in [3.05, 3.63) is 0 Å². The molecule has 1 aliphatic carbocycles. The lowest BCUT2D eigenvalue weighted by molar-refractivity contribution is -0.0702. The zero-order valence-electron chi connectivity index (χ0n) is 8.16. The first-order valence-electron chi connectivity index (χ1n) is 5.04. The van der Waals surface area contributed by atoms with E-state index < -0.39 is 6.16 Å². The van der Waals surface area contributed by atoms with Crippen LogP contribution in [0.1, 0.15) is 33.1 Å². The summed E-state index contributed by atoms with van der Waals surface area (Å²) in [6.07, 6.45) is 2.86.